The van der Waals surface area contributed by atoms with E-state index < -0.39 is 12.5 Å². The molecule has 2 aliphatic rings. The Morgan fingerprint density at radius 2 is 2.07 bits per heavy atom. The van der Waals surface area contributed by atoms with Crippen LogP contribution in [0, 0.1) is 17.8 Å². The molecule has 0 aromatic heterocycles. The van der Waals surface area contributed by atoms with E-state index in [9.17, 15) is 8.78 Å². The molecule has 15 heavy (non-hydrogen) atoms. The maximum Gasteiger partial charge on any atom is 0.265 e. The standard InChI is InChI=1S/C11H19F2NO/c12-11(13)10(15)6-14-5-9-4-7-1-2-8(9)3-7/h7-11,14-15H,1-6H2. The van der Waals surface area contributed by atoms with Crippen LogP contribution < -0.4 is 5.32 Å². The van der Waals surface area contributed by atoms with Crippen molar-refractivity contribution in [3.05, 3.63) is 0 Å². The van der Waals surface area contributed by atoms with Crippen LogP contribution in [0.1, 0.15) is 25.7 Å². The van der Waals surface area contributed by atoms with Crippen LogP contribution in [0.2, 0.25) is 0 Å². The number of alkyl halides is 2. The Labute approximate surface area is 89.1 Å². The highest BCUT2D eigenvalue weighted by Crippen LogP contribution is 2.47. The smallest absolute Gasteiger partial charge is 0.265 e. The van der Waals surface area contributed by atoms with E-state index >= 15 is 0 Å². The predicted molar refractivity (Wildman–Crippen MR) is 53.8 cm³/mol. The molecule has 0 aromatic carbocycles. The summed E-state index contributed by atoms with van der Waals surface area (Å²) in [7, 11) is 0. The summed E-state index contributed by atoms with van der Waals surface area (Å²) in [5.41, 5.74) is 0. The highest BCUT2D eigenvalue weighted by atomic mass is 19.3. The second kappa shape index (κ2) is 4.74. The third-order valence-corrected chi connectivity index (χ3v) is 3.94. The Morgan fingerprint density at radius 1 is 1.27 bits per heavy atom. The Kier molecular flexibility index (Phi) is 3.57. The summed E-state index contributed by atoms with van der Waals surface area (Å²) < 4.78 is 24.0. The van der Waals surface area contributed by atoms with Crippen molar-refractivity contribution in [1.82, 2.24) is 5.32 Å². The van der Waals surface area contributed by atoms with E-state index in [2.05, 4.69) is 5.32 Å². The van der Waals surface area contributed by atoms with Crippen molar-refractivity contribution in [1.29, 1.82) is 0 Å². The number of aliphatic hydroxyl groups excluding tert-OH is 1. The highest BCUT2D eigenvalue weighted by Gasteiger charge is 2.38. The van der Waals surface area contributed by atoms with Crippen molar-refractivity contribution in [3.63, 3.8) is 0 Å². The molecule has 4 heteroatoms. The summed E-state index contributed by atoms with van der Waals surface area (Å²) in [5.74, 6) is 2.36. The number of hydrogen-bond acceptors (Lipinski definition) is 2. The molecule has 2 nitrogen and oxygen atoms in total. The van der Waals surface area contributed by atoms with Gasteiger partial charge in [0.1, 0.15) is 6.10 Å². The fraction of sp³-hybridized carbons (Fsp3) is 1.00. The number of halogens is 2. The molecular weight excluding hydrogens is 200 g/mol. The zero-order valence-corrected chi connectivity index (χ0v) is 8.83. The number of hydrogen-bond donors (Lipinski definition) is 2. The molecule has 2 rings (SSSR count). The van der Waals surface area contributed by atoms with E-state index in [4.69, 9.17) is 5.11 Å². The van der Waals surface area contributed by atoms with E-state index in [0.29, 0.717) is 5.92 Å². The summed E-state index contributed by atoms with van der Waals surface area (Å²) in [4.78, 5) is 0. The van der Waals surface area contributed by atoms with Gasteiger partial charge in [0, 0.05) is 6.54 Å². The van der Waals surface area contributed by atoms with Gasteiger partial charge >= 0.3 is 0 Å². The Bertz CT molecular complexity index is 213. The van der Waals surface area contributed by atoms with Crippen molar-refractivity contribution >= 4 is 0 Å². The molecule has 4 unspecified atom stereocenters. The summed E-state index contributed by atoms with van der Waals surface area (Å²) in [6, 6.07) is 0. The van der Waals surface area contributed by atoms with E-state index in [0.717, 1.165) is 18.4 Å². The molecule has 0 aromatic rings. The molecule has 2 fully saturated rings. The predicted octanol–water partition coefficient (Wildman–Crippen LogP) is 1.64. The van der Waals surface area contributed by atoms with Gasteiger partial charge in [-0.15, -0.1) is 0 Å². The monoisotopic (exact) mass is 219 g/mol. The number of rotatable bonds is 5. The summed E-state index contributed by atoms with van der Waals surface area (Å²) >= 11 is 0. The molecule has 2 N–H and O–H groups in total. The van der Waals surface area contributed by atoms with Gasteiger partial charge in [-0.2, -0.15) is 0 Å². The van der Waals surface area contributed by atoms with Gasteiger partial charge in [0.05, 0.1) is 0 Å². The zero-order chi connectivity index (χ0) is 10.8. The maximum absolute atomic E-state index is 12.0. The average Bonchev–Trinajstić information content (AvgIpc) is 2.78. The number of nitrogens with one attached hydrogen (secondary N) is 1. The average molecular weight is 219 g/mol. The Balaban J connectivity index is 1.62. The van der Waals surface area contributed by atoms with Crippen LogP contribution >= 0.6 is 0 Å². The molecule has 0 amide bonds. The van der Waals surface area contributed by atoms with Crippen molar-refractivity contribution in [2.75, 3.05) is 13.1 Å². The normalized spacial score (nSPS) is 36.4. The molecule has 0 aliphatic heterocycles. The van der Waals surface area contributed by atoms with Gasteiger partial charge in [0.25, 0.3) is 6.43 Å². The van der Waals surface area contributed by atoms with Gasteiger partial charge in [-0.05, 0) is 43.6 Å². The van der Waals surface area contributed by atoms with Crippen LogP contribution in [-0.2, 0) is 0 Å². The lowest BCUT2D eigenvalue weighted by Crippen LogP contribution is -2.35. The maximum atomic E-state index is 12.0. The lowest BCUT2D eigenvalue weighted by Gasteiger charge is -2.22. The summed E-state index contributed by atoms with van der Waals surface area (Å²) in [6.07, 6.45) is 1.13. The largest absolute Gasteiger partial charge is 0.386 e. The van der Waals surface area contributed by atoms with E-state index in [-0.39, 0.29) is 6.54 Å². The quantitative estimate of drug-likeness (QED) is 0.736. The minimum Gasteiger partial charge on any atom is -0.386 e. The van der Waals surface area contributed by atoms with Crippen molar-refractivity contribution in [2.45, 2.75) is 38.2 Å². The molecule has 2 saturated carbocycles. The van der Waals surface area contributed by atoms with Gasteiger partial charge in [-0.25, -0.2) is 8.78 Å². The van der Waals surface area contributed by atoms with Crippen molar-refractivity contribution < 1.29 is 13.9 Å². The van der Waals surface area contributed by atoms with Gasteiger partial charge in [-0.3, -0.25) is 0 Å². The second-order valence-corrected chi connectivity index (χ2v) is 4.99. The molecule has 0 saturated heterocycles. The third-order valence-electron chi connectivity index (χ3n) is 3.94. The first kappa shape index (κ1) is 11.3. The first-order valence-corrected chi connectivity index (χ1v) is 5.83. The minimum atomic E-state index is -2.63. The third kappa shape index (κ3) is 2.67. The Morgan fingerprint density at radius 3 is 2.60 bits per heavy atom. The molecule has 0 spiro atoms. The topological polar surface area (TPSA) is 32.3 Å². The Hall–Kier alpha value is -0.220. The lowest BCUT2D eigenvalue weighted by molar-refractivity contribution is -0.00386. The first-order valence-electron chi connectivity index (χ1n) is 5.83. The second-order valence-electron chi connectivity index (χ2n) is 4.99. The lowest BCUT2D eigenvalue weighted by atomic mass is 9.89. The molecule has 4 atom stereocenters. The molecule has 2 aliphatic carbocycles. The van der Waals surface area contributed by atoms with E-state index in [1.54, 1.807) is 0 Å². The van der Waals surface area contributed by atoms with Crippen LogP contribution in [0.15, 0.2) is 0 Å². The fourth-order valence-corrected chi connectivity index (χ4v) is 3.13. The van der Waals surface area contributed by atoms with Gasteiger partial charge in [0.15, 0.2) is 0 Å². The zero-order valence-electron chi connectivity index (χ0n) is 8.83. The first-order chi connectivity index (χ1) is 7.16. The van der Waals surface area contributed by atoms with Gasteiger partial charge in [0.2, 0.25) is 0 Å². The SMILES string of the molecule is OC(CNCC1CC2CCC1C2)C(F)F. The van der Waals surface area contributed by atoms with Crippen molar-refractivity contribution in [3.8, 4) is 0 Å². The fourth-order valence-electron chi connectivity index (χ4n) is 3.13. The van der Waals surface area contributed by atoms with Gasteiger partial charge < -0.3 is 10.4 Å². The molecule has 0 heterocycles. The molecular formula is C11H19F2NO. The number of aliphatic hydroxyl groups is 1. The minimum absolute atomic E-state index is 0.0194. The highest BCUT2D eigenvalue weighted by molar-refractivity contribution is 4.90. The van der Waals surface area contributed by atoms with E-state index in [1.807, 2.05) is 0 Å². The van der Waals surface area contributed by atoms with Gasteiger partial charge in [-0.1, -0.05) is 6.42 Å². The molecule has 2 bridgehead atoms. The van der Waals surface area contributed by atoms with Crippen LogP contribution in [0.25, 0.3) is 0 Å². The van der Waals surface area contributed by atoms with Crippen LogP contribution in [0.5, 0.6) is 0 Å². The van der Waals surface area contributed by atoms with E-state index in [1.165, 1.54) is 25.7 Å². The summed E-state index contributed by atoms with van der Waals surface area (Å²) in [5, 5.41) is 11.9. The van der Waals surface area contributed by atoms with Crippen molar-refractivity contribution in [2.24, 2.45) is 17.8 Å². The summed E-state index contributed by atoms with van der Waals surface area (Å²) in [6.45, 7) is 0.816. The molecule has 88 valence electrons. The molecule has 0 radical (unpaired) electrons. The van der Waals surface area contributed by atoms with Crippen LogP contribution in [-0.4, -0.2) is 30.7 Å². The van der Waals surface area contributed by atoms with Crippen LogP contribution in [0.4, 0.5) is 8.78 Å². The van der Waals surface area contributed by atoms with Crippen LogP contribution in [0.3, 0.4) is 0 Å². The number of fused-ring (bicyclic) bond motifs is 2.